The van der Waals surface area contributed by atoms with Crippen LogP contribution in [0.3, 0.4) is 0 Å². The van der Waals surface area contributed by atoms with Gasteiger partial charge in [0.05, 0.1) is 12.1 Å². The molecule has 0 unspecified atom stereocenters. The average Bonchev–Trinajstić information content (AvgIpc) is 2.54. The Bertz CT molecular complexity index is 743. The Hall–Kier alpha value is -2.46. The molecule has 0 atom stereocenters. The lowest BCUT2D eigenvalue weighted by molar-refractivity contribution is 0.184. The maximum absolute atomic E-state index is 5.22. The third-order valence-electron chi connectivity index (χ3n) is 3.34. The lowest BCUT2D eigenvalue weighted by atomic mass is 10.1. The SMILES string of the molecule is COCc1ccccc1CNc1ncc2ccccc2n1. The molecule has 0 aliphatic rings. The quantitative estimate of drug-likeness (QED) is 0.777. The van der Waals surface area contributed by atoms with Gasteiger partial charge in [-0.05, 0) is 17.2 Å². The summed E-state index contributed by atoms with van der Waals surface area (Å²) in [5.41, 5.74) is 3.31. The summed E-state index contributed by atoms with van der Waals surface area (Å²) < 4.78 is 5.22. The van der Waals surface area contributed by atoms with Gasteiger partial charge in [0.2, 0.25) is 5.95 Å². The number of benzene rings is 2. The molecule has 21 heavy (non-hydrogen) atoms. The van der Waals surface area contributed by atoms with Crippen molar-refractivity contribution in [3.8, 4) is 0 Å². The van der Waals surface area contributed by atoms with E-state index in [1.54, 1.807) is 7.11 Å². The van der Waals surface area contributed by atoms with Crippen LogP contribution in [0.2, 0.25) is 0 Å². The monoisotopic (exact) mass is 279 g/mol. The van der Waals surface area contributed by atoms with Crippen LogP contribution >= 0.6 is 0 Å². The highest BCUT2D eigenvalue weighted by Gasteiger charge is 2.03. The molecule has 0 saturated carbocycles. The van der Waals surface area contributed by atoms with E-state index in [2.05, 4.69) is 27.4 Å². The predicted molar refractivity (Wildman–Crippen MR) is 84.0 cm³/mol. The summed E-state index contributed by atoms with van der Waals surface area (Å²) in [4.78, 5) is 8.86. The minimum atomic E-state index is 0.608. The molecule has 0 aliphatic heterocycles. The van der Waals surface area contributed by atoms with Crippen molar-refractivity contribution >= 4 is 16.9 Å². The maximum atomic E-state index is 5.22. The lowest BCUT2D eigenvalue weighted by Crippen LogP contribution is -2.06. The Labute approximate surface area is 123 Å². The van der Waals surface area contributed by atoms with Crippen molar-refractivity contribution in [3.05, 3.63) is 65.9 Å². The van der Waals surface area contributed by atoms with Gasteiger partial charge in [0, 0.05) is 25.2 Å². The first-order valence-electron chi connectivity index (χ1n) is 6.88. The van der Waals surface area contributed by atoms with E-state index in [4.69, 9.17) is 4.74 Å². The number of rotatable bonds is 5. The van der Waals surface area contributed by atoms with Gasteiger partial charge in [0.1, 0.15) is 0 Å². The molecule has 4 heteroatoms. The van der Waals surface area contributed by atoms with Crippen molar-refractivity contribution < 1.29 is 4.74 Å². The number of anilines is 1. The molecule has 0 spiro atoms. The van der Waals surface area contributed by atoms with Crippen molar-refractivity contribution in [2.24, 2.45) is 0 Å². The Morgan fingerprint density at radius 1 is 1.00 bits per heavy atom. The number of methoxy groups -OCH3 is 1. The van der Waals surface area contributed by atoms with Crippen molar-refractivity contribution in [3.63, 3.8) is 0 Å². The fourth-order valence-corrected chi connectivity index (χ4v) is 2.26. The van der Waals surface area contributed by atoms with Crippen LogP contribution < -0.4 is 5.32 Å². The minimum absolute atomic E-state index is 0.608. The molecule has 0 aliphatic carbocycles. The molecule has 2 aromatic carbocycles. The zero-order valence-corrected chi connectivity index (χ0v) is 11.9. The Morgan fingerprint density at radius 3 is 2.62 bits per heavy atom. The van der Waals surface area contributed by atoms with Gasteiger partial charge in [-0.2, -0.15) is 0 Å². The number of para-hydroxylation sites is 1. The van der Waals surface area contributed by atoms with E-state index in [1.807, 2.05) is 42.6 Å². The first-order valence-corrected chi connectivity index (χ1v) is 6.88. The van der Waals surface area contributed by atoms with Crippen LogP contribution in [-0.4, -0.2) is 17.1 Å². The topological polar surface area (TPSA) is 47.0 Å². The molecule has 4 nitrogen and oxygen atoms in total. The highest BCUT2D eigenvalue weighted by Crippen LogP contribution is 2.14. The fourth-order valence-electron chi connectivity index (χ4n) is 2.26. The van der Waals surface area contributed by atoms with E-state index in [0.29, 0.717) is 19.1 Å². The number of aromatic nitrogens is 2. The van der Waals surface area contributed by atoms with Crippen LogP contribution in [0, 0.1) is 0 Å². The van der Waals surface area contributed by atoms with E-state index in [0.717, 1.165) is 10.9 Å². The van der Waals surface area contributed by atoms with Crippen LogP contribution in [-0.2, 0) is 17.9 Å². The zero-order valence-electron chi connectivity index (χ0n) is 11.9. The summed E-state index contributed by atoms with van der Waals surface area (Å²) in [7, 11) is 1.71. The second-order valence-corrected chi connectivity index (χ2v) is 4.81. The minimum Gasteiger partial charge on any atom is -0.380 e. The van der Waals surface area contributed by atoms with Gasteiger partial charge < -0.3 is 10.1 Å². The summed E-state index contributed by atoms with van der Waals surface area (Å²) in [6, 6.07) is 16.2. The number of ether oxygens (including phenoxy) is 1. The largest absolute Gasteiger partial charge is 0.380 e. The molecule has 1 heterocycles. The Morgan fingerprint density at radius 2 is 1.76 bits per heavy atom. The van der Waals surface area contributed by atoms with Crippen LogP contribution in [0.25, 0.3) is 10.9 Å². The third-order valence-corrected chi connectivity index (χ3v) is 3.34. The summed E-state index contributed by atoms with van der Waals surface area (Å²) in [5, 5.41) is 4.32. The molecular weight excluding hydrogens is 262 g/mol. The average molecular weight is 279 g/mol. The van der Waals surface area contributed by atoms with Crippen LogP contribution in [0.5, 0.6) is 0 Å². The number of nitrogens with one attached hydrogen (secondary N) is 1. The summed E-state index contributed by atoms with van der Waals surface area (Å²) in [6.07, 6.45) is 1.84. The Kier molecular flexibility index (Phi) is 4.07. The molecular formula is C17H17N3O. The van der Waals surface area contributed by atoms with Gasteiger partial charge in [0.15, 0.2) is 0 Å². The van der Waals surface area contributed by atoms with Crippen LogP contribution in [0.4, 0.5) is 5.95 Å². The van der Waals surface area contributed by atoms with Gasteiger partial charge in [-0.3, -0.25) is 0 Å². The van der Waals surface area contributed by atoms with Gasteiger partial charge in [-0.15, -0.1) is 0 Å². The van der Waals surface area contributed by atoms with Crippen molar-refractivity contribution in [1.29, 1.82) is 0 Å². The molecule has 0 fully saturated rings. The van der Waals surface area contributed by atoms with E-state index in [9.17, 15) is 0 Å². The smallest absolute Gasteiger partial charge is 0.223 e. The number of fused-ring (bicyclic) bond motifs is 1. The lowest BCUT2D eigenvalue weighted by Gasteiger charge is -2.10. The van der Waals surface area contributed by atoms with Gasteiger partial charge in [-0.1, -0.05) is 42.5 Å². The van der Waals surface area contributed by atoms with E-state index in [-0.39, 0.29) is 0 Å². The Balaban J connectivity index is 1.77. The second kappa shape index (κ2) is 6.33. The molecule has 1 aromatic heterocycles. The third kappa shape index (κ3) is 3.17. The van der Waals surface area contributed by atoms with E-state index >= 15 is 0 Å². The van der Waals surface area contributed by atoms with Gasteiger partial charge in [-0.25, -0.2) is 9.97 Å². The number of hydrogen-bond donors (Lipinski definition) is 1. The molecule has 0 amide bonds. The number of hydrogen-bond acceptors (Lipinski definition) is 4. The van der Waals surface area contributed by atoms with Crippen LogP contribution in [0.1, 0.15) is 11.1 Å². The summed E-state index contributed by atoms with van der Waals surface area (Å²) >= 11 is 0. The van der Waals surface area contributed by atoms with E-state index < -0.39 is 0 Å². The van der Waals surface area contributed by atoms with Crippen LogP contribution in [0.15, 0.2) is 54.7 Å². The highest BCUT2D eigenvalue weighted by atomic mass is 16.5. The molecule has 0 saturated heterocycles. The van der Waals surface area contributed by atoms with Gasteiger partial charge in [0.25, 0.3) is 0 Å². The van der Waals surface area contributed by atoms with Crippen molar-refractivity contribution in [2.75, 3.05) is 12.4 Å². The summed E-state index contributed by atoms with van der Waals surface area (Å²) in [5.74, 6) is 0.640. The number of nitrogens with zero attached hydrogens (tertiary/aromatic N) is 2. The van der Waals surface area contributed by atoms with E-state index in [1.165, 1.54) is 11.1 Å². The molecule has 1 N–H and O–H groups in total. The molecule has 3 aromatic rings. The molecule has 0 radical (unpaired) electrons. The molecule has 0 bridgehead atoms. The second-order valence-electron chi connectivity index (χ2n) is 4.81. The zero-order chi connectivity index (χ0) is 14.5. The predicted octanol–water partition coefficient (Wildman–Crippen LogP) is 3.39. The first-order chi connectivity index (χ1) is 10.4. The molecule has 106 valence electrons. The standard InChI is InChI=1S/C17H17N3O/c1-21-12-15-8-3-2-6-13(15)10-18-17-19-11-14-7-4-5-9-16(14)20-17/h2-9,11H,10,12H2,1H3,(H,18,19,20). The van der Waals surface area contributed by atoms with Crippen molar-refractivity contribution in [2.45, 2.75) is 13.2 Å². The maximum Gasteiger partial charge on any atom is 0.223 e. The normalized spacial score (nSPS) is 10.7. The van der Waals surface area contributed by atoms with Gasteiger partial charge >= 0.3 is 0 Å². The summed E-state index contributed by atoms with van der Waals surface area (Å²) in [6.45, 7) is 1.29. The van der Waals surface area contributed by atoms with Crippen molar-refractivity contribution in [1.82, 2.24) is 9.97 Å². The highest BCUT2D eigenvalue weighted by molar-refractivity contribution is 5.78. The fraction of sp³-hybridized carbons (Fsp3) is 0.176. The molecule has 3 rings (SSSR count). The first kappa shape index (κ1) is 13.5.